The van der Waals surface area contributed by atoms with Crippen molar-refractivity contribution in [1.82, 2.24) is 29.6 Å². The summed E-state index contributed by atoms with van der Waals surface area (Å²) in [7, 11) is 0. The third-order valence-electron chi connectivity index (χ3n) is 7.16. The molecule has 2 N–H and O–H groups in total. The van der Waals surface area contributed by atoms with Gasteiger partial charge in [0.2, 0.25) is 5.95 Å². The maximum Gasteiger partial charge on any atom is 0.317 e. The summed E-state index contributed by atoms with van der Waals surface area (Å²) in [5.74, 6) is 0.619. The highest BCUT2D eigenvalue weighted by molar-refractivity contribution is 7.17. The smallest absolute Gasteiger partial charge is 0.317 e. The van der Waals surface area contributed by atoms with Crippen LogP contribution in [-0.4, -0.2) is 56.0 Å². The molecule has 1 saturated heterocycles. The molecule has 1 aliphatic heterocycles. The number of hydrogen-bond donors (Lipinski definition) is 2. The average molecular weight is 544 g/mol. The molecule has 4 aromatic rings. The maximum atomic E-state index is 13.6. The Kier molecular flexibility index (Phi) is 7.10. The highest BCUT2D eigenvalue weighted by atomic mass is 32.1. The number of fused-ring (bicyclic) bond motifs is 1. The predicted octanol–water partition coefficient (Wildman–Crippen LogP) is 5.69. The normalized spacial score (nSPS) is 17.6. The van der Waals surface area contributed by atoms with Crippen LogP contribution in [-0.2, 0) is 0 Å². The van der Waals surface area contributed by atoms with Crippen LogP contribution >= 0.6 is 11.3 Å². The first kappa shape index (κ1) is 25.2. The number of anilines is 1. The van der Waals surface area contributed by atoms with Gasteiger partial charge in [-0.25, -0.2) is 24.1 Å². The van der Waals surface area contributed by atoms with Gasteiger partial charge in [0, 0.05) is 48.5 Å². The molecule has 1 unspecified atom stereocenters. The van der Waals surface area contributed by atoms with E-state index in [4.69, 9.17) is 9.97 Å². The summed E-state index contributed by atoms with van der Waals surface area (Å²) in [4.78, 5) is 30.7. The summed E-state index contributed by atoms with van der Waals surface area (Å²) in [5, 5.41) is 6.55. The molecule has 1 aromatic carbocycles. The molecule has 1 fully saturated rings. The van der Waals surface area contributed by atoms with Crippen molar-refractivity contribution in [3.63, 3.8) is 0 Å². The molecule has 1 aliphatic carbocycles. The number of halogens is 1. The molecule has 3 aromatic heterocycles. The molecule has 2 amide bonds. The van der Waals surface area contributed by atoms with E-state index in [0.717, 1.165) is 51.7 Å². The number of imidazole rings is 1. The SMILES string of the molecule is Cc1cn2c(-c3ccnc(NC4CCN(C(=O)NCC5C=CC=CC5)CC4)n3)c(-c3ccc(F)cc3)nc2s1. The van der Waals surface area contributed by atoms with Gasteiger partial charge in [0.15, 0.2) is 4.96 Å². The number of nitrogens with zero attached hydrogens (tertiary/aromatic N) is 5. The second-order valence-electron chi connectivity index (χ2n) is 9.98. The first-order valence-electron chi connectivity index (χ1n) is 13.2. The lowest BCUT2D eigenvalue weighted by atomic mass is 10.0. The number of benzene rings is 1. The Morgan fingerprint density at radius 2 is 1.95 bits per heavy atom. The fourth-order valence-corrected chi connectivity index (χ4v) is 5.92. The van der Waals surface area contributed by atoms with Crippen LogP contribution in [0, 0.1) is 18.7 Å². The lowest BCUT2D eigenvalue weighted by Crippen LogP contribution is -2.47. The number of piperidine rings is 1. The summed E-state index contributed by atoms with van der Waals surface area (Å²) in [6.07, 6.45) is 14.7. The number of likely N-dealkylation sites (tertiary alicyclic amines) is 1. The Morgan fingerprint density at radius 1 is 1.13 bits per heavy atom. The summed E-state index contributed by atoms with van der Waals surface area (Å²) in [6.45, 7) is 4.06. The fourth-order valence-electron chi connectivity index (χ4n) is 5.09. The van der Waals surface area contributed by atoms with Crippen LogP contribution in [0.15, 0.2) is 67.0 Å². The van der Waals surface area contributed by atoms with Crippen LogP contribution in [0.3, 0.4) is 0 Å². The zero-order chi connectivity index (χ0) is 26.8. The number of aryl methyl sites for hydroxylation is 1. The number of rotatable bonds is 6. The zero-order valence-electron chi connectivity index (χ0n) is 21.7. The number of aromatic nitrogens is 4. The molecule has 0 spiro atoms. The number of urea groups is 1. The second-order valence-corrected chi connectivity index (χ2v) is 11.2. The number of hydrogen-bond acceptors (Lipinski definition) is 6. The number of amides is 2. The van der Waals surface area contributed by atoms with Gasteiger partial charge in [-0.3, -0.25) is 4.40 Å². The van der Waals surface area contributed by atoms with Gasteiger partial charge in [-0.05, 0) is 62.4 Å². The van der Waals surface area contributed by atoms with Gasteiger partial charge in [0.25, 0.3) is 0 Å². The minimum atomic E-state index is -0.284. The van der Waals surface area contributed by atoms with Crippen molar-refractivity contribution < 1.29 is 9.18 Å². The Hall–Kier alpha value is -4.05. The Balaban J connectivity index is 1.14. The van der Waals surface area contributed by atoms with Gasteiger partial charge in [0.05, 0.1) is 11.4 Å². The van der Waals surface area contributed by atoms with Crippen LogP contribution in [0.1, 0.15) is 24.1 Å². The van der Waals surface area contributed by atoms with Crippen LogP contribution in [0.25, 0.3) is 27.6 Å². The van der Waals surface area contributed by atoms with Gasteiger partial charge in [0.1, 0.15) is 11.5 Å². The molecular formula is C29H30FN7OS. The molecule has 39 heavy (non-hydrogen) atoms. The molecule has 6 rings (SSSR count). The Bertz CT molecular complexity index is 1530. The third-order valence-corrected chi connectivity index (χ3v) is 8.06. The number of carbonyl (C=O) groups is 1. The van der Waals surface area contributed by atoms with E-state index in [1.165, 1.54) is 12.1 Å². The quantitative estimate of drug-likeness (QED) is 0.327. The Labute approximate surface area is 230 Å². The predicted molar refractivity (Wildman–Crippen MR) is 152 cm³/mol. The number of carbonyl (C=O) groups excluding carboxylic acids is 1. The topological polar surface area (TPSA) is 87.5 Å². The molecule has 0 bridgehead atoms. The number of nitrogens with one attached hydrogen (secondary N) is 2. The van der Waals surface area contributed by atoms with Crippen LogP contribution in [0.5, 0.6) is 0 Å². The third kappa shape index (κ3) is 5.56. The van der Waals surface area contributed by atoms with E-state index in [2.05, 4.69) is 27.8 Å². The minimum Gasteiger partial charge on any atom is -0.351 e. The van der Waals surface area contributed by atoms with E-state index in [-0.39, 0.29) is 17.9 Å². The van der Waals surface area contributed by atoms with E-state index in [9.17, 15) is 9.18 Å². The number of thiazole rings is 1. The zero-order valence-corrected chi connectivity index (χ0v) is 22.5. The van der Waals surface area contributed by atoms with Gasteiger partial charge >= 0.3 is 6.03 Å². The largest absolute Gasteiger partial charge is 0.351 e. The summed E-state index contributed by atoms with van der Waals surface area (Å²) < 4.78 is 15.6. The summed E-state index contributed by atoms with van der Waals surface area (Å²) in [5.41, 5.74) is 3.17. The molecular weight excluding hydrogens is 513 g/mol. The minimum absolute atomic E-state index is 0.00113. The first-order chi connectivity index (χ1) is 19.0. The van der Waals surface area contributed by atoms with Crippen molar-refractivity contribution in [3.05, 3.63) is 77.7 Å². The van der Waals surface area contributed by atoms with E-state index in [0.29, 0.717) is 31.5 Å². The fraction of sp³-hybridized carbons (Fsp3) is 0.310. The monoisotopic (exact) mass is 543 g/mol. The first-order valence-corrected chi connectivity index (χ1v) is 14.1. The van der Waals surface area contributed by atoms with Crippen molar-refractivity contribution in [1.29, 1.82) is 0 Å². The van der Waals surface area contributed by atoms with Crippen LogP contribution in [0.2, 0.25) is 0 Å². The van der Waals surface area contributed by atoms with Gasteiger partial charge in [-0.15, -0.1) is 11.3 Å². The summed E-state index contributed by atoms with van der Waals surface area (Å²) in [6, 6.07) is 8.42. The van der Waals surface area contributed by atoms with Crippen molar-refractivity contribution in [2.24, 2.45) is 5.92 Å². The van der Waals surface area contributed by atoms with Gasteiger partial charge < -0.3 is 15.5 Å². The van der Waals surface area contributed by atoms with E-state index in [1.54, 1.807) is 29.7 Å². The van der Waals surface area contributed by atoms with Gasteiger partial charge in [-0.2, -0.15) is 0 Å². The molecule has 4 heterocycles. The molecule has 200 valence electrons. The van der Waals surface area contributed by atoms with E-state index >= 15 is 0 Å². The maximum absolute atomic E-state index is 13.6. The van der Waals surface area contributed by atoms with E-state index in [1.807, 2.05) is 40.6 Å². The Morgan fingerprint density at radius 3 is 2.72 bits per heavy atom. The highest BCUT2D eigenvalue weighted by Gasteiger charge is 2.24. The van der Waals surface area contributed by atoms with E-state index < -0.39 is 0 Å². The molecule has 1 atom stereocenters. The van der Waals surface area contributed by atoms with Crippen molar-refractivity contribution in [2.75, 3.05) is 25.0 Å². The second kappa shape index (κ2) is 11.0. The molecule has 2 aliphatic rings. The van der Waals surface area contributed by atoms with Crippen molar-refractivity contribution in [3.8, 4) is 22.6 Å². The highest BCUT2D eigenvalue weighted by Crippen LogP contribution is 2.35. The molecule has 0 radical (unpaired) electrons. The van der Waals surface area contributed by atoms with Gasteiger partial charge in [-0.1, -0.05) is 24.3 Å². The van der Waals surface area contributed by atoms with Crippen molar-refractivity contribution in [2.45, 2.75) is 32.2 Å². The lowest BCUT2D eigenvalue weighted by Gasteiger charge is -2.32. The molecule has 0 saturated carbocycles. The lowest BCUT2D eigenvalue weighted by molar-refractivity contribution is 0.182. The van der Waals surface area contributed by atoms with Crippen LogP contribution in [0.4, 0.5) is 15.1 Å². The molecule has 8 nitrogen and oxygen atoms in total. The number of allylic oxidation sites excluding steroid dienone is 3. The standard InChI is InChI=1S/C29H30FN7OS/c1-19-18-37-26(25(35-29(37)39-19)21-7-9-22(30)10-8-21)24-11-14-31-27(34-24)33-23-12-15-36(16-13-23)28(38)32-17-20-5-3-2-4-6-20/h2-5,7-11,14,18,20,23H,6,12-13,15-17H2,1H3,(H,32,38)(H,31,33,34). The molecule has 10 heteroatoms. The summed E-state index contributed by atoms with van der Waals surface area (Å²) >= 11 is 1.60. The van der Waals surface area contributed by atoms with Crippen molar-refractivity contribution >= 4 is 28.3 Å². The van der Waals surface area contributed by atoms with Crippen LogP contribution < -0.4 is 10.6 Å². The average Bonchev–Trinajstić information content (AvgIpc) is 3.49.